The first-order valence-electron chi connectivity index (χ1n) is 6.32. The van der Waals surface area contributed by atoms with Gasteiger partial charge in [-0.15, -0.1) is 0 Å². The molecule has 0 saturated carbocycles. The van der Waals surface area contributed by atoms with E-state index in [0.717, 1.165) is 5.56 Å². The molecule has 0 unspecified atom stereocenters. The number of benzene rings is 1. The molecule has 0 aliphatic rings. The maximum absolute atomic E-state index is 12.6. The zero-order valence-corrected chi connectivity index (χ0v) is 13.6. The highest BCUT2D eigenvalue weighted by molar-refractivity contribution is 7.92. The highest BCUT2D eigenvalue weighted by atomic mass is 35.5. The normalized spacial score (nSPS) is 11.6. The molecule has 0 atom stereocenters. The molecular formula is C13H17ClN4O2S. The van der Waals surface area contributed by atoms with Crippen molar-refractivity contribution < 1.29 is 8.42 Å². The molecule has 1 aromatic carbocycles. The number of aromatic amines is 1. The van der Waals surface area contributed by atoms with Crippen LogP contribution in [0.5, 0.6) is 0 Å². The van der Waals surface area contributed by atoms with E-state index in [0.29, 0.717) is 28.6 Å². The summed E-state index contributed by atoms with van der Waals surface area (Å²) < 4.78 is 27.6. The number of nitrogens with zero attached hydrogens (tertiary/aromatic N) is 1. The van der Waals surface area contributed by atoms with Crippen LogP contribution in [0.25, 0.3) is 0 Å². The van der Waals surface area contributed by atoms with Crippen LogP contribution < -0.4 is 10.0 Å². The second-order valence-electron chi connectivity index (χ2n) is 4.74. The third-order valence-corrected chi connectivity index (χ3v) is 4.82. The van der Waals surface area contributed by atoms with Gasteiger partial charge in [-0.05, 0) is 38.6 Å². The van der Waals surface area contributed by atoms with Crippen LogP contribution >= 0.6 is 11.6 Å². The Hall–Kier alpha value is -1.57. The van der Waals surface area contributed by atoms with E-state index in [1.165, 1.54) is 0 Å². The summed E-state index contributed by atoms with van der Waals surface area (Å²) in [6.45, 7) is 3.90. The van der Waals surface area contributed by atoms with Gasteiger partial charge in [0.25, 0.3) is 10.0 Å². The Bertz CT molecular complexity index is 756. The predicted molar refractivity (Wildman–Crippen MR) is 83.1 cm³/mol. The van der Waals surface area contributed by atoms with Crippen LogP contribution in [0.4, 0.5) is 5.69 Å². The van der Waals surface area contributed by atoms with Crippen molar-refractivity contribution in [1.82, 2.24) is 15.5 Å². The fraction of sp³-hybridized carbons (Fsp3) is 0.308. The molecule has 0 aliphatic heterocycles. The molecule has 3 N–H and O–H groups in total. The minimum absolute atomic E-state index is 0.147. The average Bonchev–Trinajstić information content (AvgIpc) is 2.75. The number of halogens is 1. The summed E-state index contributed by atoms with van der Waals surface area (Å²) in [6, 6.07) is 5.14. The van der Waals surface area contributed by atoms with Gasteiger partial charge in [0.15, 0.2) is 0 Å². The molecule has 114 valence electrons. The number of hydrogen-bond acceptors (Lipinski definition) is 4. The van der Waals surface area contributed by atoms with E-state index in [4.69, 9.17) is 11.6 Å². The molecule has 1 heterocycles. The molecule has 21 heavy (non-hydrogen) atoms. The number of aryl methyl sites for hydroxylation is 2. The number of aromatic nitrogens is 2. The molecule has 6 nitrogen and oxygen atoms in total. The summed E-state index contributed by atoms with van der Waals surface area (Å²) in [4.78, 5) is 0.147. The number of sulfonamides is 1. The second kappa shape index (κ2) is 6.05. The van der Waals surface area contributed by atoms with Crippen LogP contribution in [0.15, 0.2) is 23.1 Å². The Balaban J connectivity index is 2.41. The Morgan fingerprint density at radius 1 is 1.33 bits per heavy atom. The largest absolute Gasteiger partial charge is 0.314 e. The van der Waals surface area contributed by atoms with E-state index in [1.807, 2.05) is 6.92 Å². The van der Waals surface area contributed by atoms with Gasteiger partial charge >= 0.3 is 0 Å². The third-order valence-electron chi connectivity index (χ3n) is 2.94. The highest BCUT2D eigenvalue weighted by Gasteiger charge is 2.24. The van der Waals surface area contributed by atoms with Crippen molar-refractivity contribution in [3.8, 4) is 0 Å². The highest BCUT2D eigenvalue weighted by Crippen LogP contribution is 2.27. The van der Waals surface area contributed by atoms with Crippen LogP contribution in [-0.4, -0.2) is 25.7 Å². The van der Waals surface area contributed by atoms with E-state index < -0.39 is 10.0 Å². The second-order valence-corrected chi connectivity index (χ2v) is 6.77. The molecule has 0 spiro atoms. The van der Waals surface area contributed by atoms with E-state index >= 15 is 0 Å². The summed E-state index contributed by atoms with van der Waals surface area (Å²) in [5.41, 5.74) is 2.22. The van der Waals surface area contributed by atoms with Crippen molar-refractivity contribution in [2.45, 2.75) is 25.3 Å². The maximum atomic E-state index is 12.6. The van der Waals surface area contributed by atoms with Gasteiger partial charge in [-0.3, -0.25) is 9.82 Å². The SMILES string of the molecule is CNCc1n[nH]c(C)c1S(=O)(=O)Nc1ccc(C)cc1Cl. The summed E-state index contributed by atoms with van der Waals surface area (Å²) in [7, 11) is -2.03. The summed E-state index contributed by atoms with van der Waals surface area (Å²) in [5.74, 6) is 0. The molecule has 1 aromatic heterocycles. The molecule has 0 amide bonds. The van der Waals surface area contributed by atoms with Gasteiger partial charge in [0.1, 0.15) is 4.90 Å². The van der Waals surface area contributed by atoms with Crippen molar-refractivity contribution in [3.63, 3.8) is 0 Å². The van der Waals surface area contributed by atoms with Crippen LogP contribution in [0.2, 0.25) is 5.02 Å². The van der Waals surface area contributed by atoms with Crippen LogP contribution in [0.3, 0.4) is 0 Å². The van der Waals surface area contributed by atoms with E-state index in [9.17, 15) is 8.42 Å². The number of hydrogen-bond donors (Lipinski definition) is 3. The van der Waals surface area contributed by atoms with Crippen molar-refractivity contribution in [1.29, 1.82) is 0 Å². The van der Waals surface area contributed by atoms with Crippen LogP contribution in [0, 0.1) is 13.8 Å². The number of nitrogens with one attached hydrogen (secondary N) is 3. The number of rotatable bonds is 5. The Morgan fingerprint density at radius 2 is 2.05 bits per heavy atom. The molecule has 0 saturated heterocycles. The molecule has 8 heteroatoms. The Kier molecular flexibility index (Phi) is 4.55. The minimum Gasteiger partial charge on any atom is -0.314 e. The zero-order chi connectivity index (χ0) is 15.6. The van der Waals surface area contributed by atoms with Gasteiger partial charge in [0.05, 0.1) is 22.1 Å². The predicted octanol–water partition coefficient (Wildman–Crippen LogP) is 2.20. The van der Waals surface area contributed by atoms with Crippen molar-refractivity contribution in [2.75, 3.05) is 11.8 Å². The third kappa shape index (κ3) is 3.37. The van der Waals surface area contributed by atoms with Crippen LogP contribution in [0.1, 0.15) is 17.0 Å². The molecule has 0 bridgehead atoms. The lowest BCUT2D eigenvalue weighted by molar-refractivity contribution is 0.598. The molecule has 0 fully saturated rings. The van der Waals surface area contributed by atoms with Crippen molar-refractivity contribution in [3.05, 3.63) is 40.2 Å². The molecular weight excluding hydrogens is 312 g/mol. The lowest BCUT2D eigenvalue weighted by Crippen LogP contribution is -2.17. The zero-order valence-electron chi connectivity index (χ0n) is 12.0. The van der Waals surface area contributed by atoms with Crippen molar-refractivity contribution >= 4 is 27.3 Å². The summed E-state index contributed by atoms with van der Waals surface area (Å²) >= 11 is 6.07. The number of H-pyrrole nitrogens is 1. The van der Waals surface area contributed by atoms with E-state index in [2.05, 4.69) is 20.2 Å². The molecule has 2 aromatic rings. The fourth-order valence-corrected chi connectivity index (χ4v) is 3.80. The van der Waals surface area contributed by atoms with Gasteiger partial charge in [-0.1, -0.05) is 17.7 Å². The van der Waals surface area contributed by atoms with E-state index in [-0.39, 0.29) is 4.90 Å². The monoisotopic (exact) mass is 328 g/mol. The summed E-state index contributed by atoms with van der Waals surface area (Å²) in [6.07, 6.45) is 0. The minimum atomic E-state index is -3.76. The molecule has 0 aliphatic carbocycles. The Morgan fingerprint density at radius 3 is 2.67 bits per heavy atom. The standard InChI is InChI=1S/C13H17ClN4O2S/c1-8-4-5-11(10(14)6-8)18-21(19,20)13-9(2)16-17-12(13)7-15-3/h4-6,15,18H,7H2,1-3H3,(H,16,17). The topological polar surface area (TPSA) is 86.9 Å². The summed E-state index contributed by atoms with van der Waals surface area (Å²) in [5, 5.41) is 9.95. The average molecular weight is 329 g/mol. The van der Waals surface area contributed by atoms with Gasteiger partial charge in [-0.2, -0.15) is 5.10 Å². The van der Waals surface area contributed by atoms with E-state index in [1.54, 1.807) is 32.2 Å². The fourth-order valence-electron chi connectivity index (χ4n) is 2.01. The van der Waals surface area contributed by atoms with Gasteiger partial charge in [-0.25, -0.2) is 8.42 Å². The molecule has 2 rings (SSSR count). The molecule has 0 radical (unpaired) electrons. The van der Waals surface area contributed by atoms with Crippen molar-refractivity contribution in [2.24, 2.45) is 0 Å². The first-order valence-corrected chi connectivity index (χ1v) is 8.18. The van der Waals surface area contributed by atoms with Gasteiger partial charge < -0.3 is 5.32 Å². The quantitative estimate of drug-likeness (QED) is 0.785. The lowest BCUT2D eigenvalue weighted by atomic mass is 10.2. The smallest absolute Gasteiger partial charge is 0.265 e. The van der Waals surface area contributed by atoms with Crippen LogP contribution in [-0.2, 0) is 16.6 Å². The maximum Gasteiger partial charge on any atom is 0.265 e. The first-order chi connectivity index (χ1) is 9.85. The first kappa shape index (κ1) is 15.8. The van der Waals surface area contributed by atoms with Gasteiger partial charge in [0.2, 0.25) is 0 Å². The number of anilines is 1. The van der Waals surface area contributed by atoms with Gasteiger partial charge in [0, 0.05) is 6.54 Å². The Labute approximate surface area is 129 Å². The lowest BCUT2D eigenvalue weighted by Gasteiger charge is -2.11.